The zero-order valence-electron chi connectivity index (χ0n) is 8.81. The van der Waals surface area contributed by atoms with E-state index in [1.54, 1.807) is 19.1 Å². The van der Waals surface area contributed by atoms with Gasteiger partial charge in [-0.25, -0.2) is 20.5 Å². The van der Waals surface area contributed by atoms with Crippen molar-refractivity contribution in [2.45, 2.75) is 0 Å². The minimum Gasteiger partial charge on any atom is -0.364 e. The number of nitrogens with zero attached hydrogens (tertiary/aromatic N) is 4. The Labute approximate surface area is 103 Å². The highest BCUT2D eigenvalue weighted by atomic mass is 35.5. The molecule has 1 aliphatic heterocycles. The fraction of sp³-hybridized carbons (Fsp3) is 0.429. The summed E-state index contributed by atoms with van der Waals surface area (Å²) in [6.07, 6.45) is 1.23. The smallest absolute Gasteiger partial charge is 0.271 e. The quantitative estimate of drug-likeness (QED) is 0.545. The van der Waals surface area contributed by atoms with Crippen LogP contribution in [0.25, 0.3) is 0 Å². The summed E-state index contributed by atoms with van der Waals surface area (Å²) < 4.78 is 0. The van der Waals surface area contributed by atoms with Crippen LogP contribution in [0.2, 0.25) is 0 Å². The Morgan fingerprint density at radius 1 is 1.62 bits per heavy atom. The summed E-state index contributed by atoms with van der Waals surface area (Å²) in [7, 11) is 3.51. The number of hydrogen-bond donors (Lipinski definition) is 2. The monoisotopic (exact) mass is 266 g/mol. The van der Waals surface area contributed by atoms with E-state index in [-0.39, 0.29) is 16.9 Å². The van der Waals surface area contributed by atoms with Crippen molar-refractivity contribution in [2.24, 2.45) is 20.8 Å². The van der Waals surface area contributed by atoms with Gasteiger partial charge in [-0.15, -0.1) is 28.3 Å². The molecule has 0 spiro atoms. The molecule has 0 aromatic heterocycles. The van der Waals surface area contributed by atoms with E-state index in [2.05, 4.69) is 20.6 Å². The fourth-order valence-electron chi connectivity index (χ4n) is 0.663. The summed E-state index contributed by atoms with van der Waals surface area (Å²) in [5, 5.41) is 5.58. The van der Waals surface area contributed by atoms with Crippen LogP contribution in [0.15, 0.2) is 15.1 Å². The average Bonchev–Trinajstić information content (AvgIpc) is 2.63. The van der Waals surface area contributed by atoms with Gasteiger partial charge in [-0.1, -0.05) is 0 Å². The molecule has 0 saturated carbocycles. The zero-order chi connectivity index (χ0) is 12.6. The van der Waals surface area contributed by atoms with E-state index in [1.165, 1.54) is 6.34 Å². The normalized spacial score (nSPS) is 15.8. The Bertz CT molecular complexity index is 325. The highest BCUT2D eigenvalue weighted by molar-refractivity contribution is 6.68. The van der Waals surface area contributed by atoms with E-state index in [4.69, 9.17) is 28.9 Å². The maximum absolute atomic E-state index is 10.7. The first-order valence-electron chi connectivity index (χ1n) is 4.06. The summed E-state index contributed by atoms with van der Waals surface area (Å²) in [5.41, 5.74) is 7.68. The molecule has 90 valence electrons. The third-order valence-electron chi connectivity index (χ3n) is 1.17. The largest absolute Gasteiger partial charge is 0.364 e. The van der Waals surface area contributed by atoms with E-state index in [9.17, 15) is 4.79 Å². The van der Waals surface area contributed by atoms with Gasteiger partial charge < -0.3 is 5.73 Å². The van der Waals surface area contributed by atoms with Crippen LogP contribution in [-0.4, -0.2) is 48.2 Å². The van der Waals surface area contributed by atoms with Gasteiger partial charge >= 0.3 is 0 Å². The van der Waals surface area contributed by atoms with Gasteiger partial charge in [0.25, 0.3) is 5.91 Å². The summed E-state index contributed by atoms with van der Waals surface area (Å²) in [5.74, 6) is -0.446. The van der Waals surface area contributed by atoms with Gasteiger partial charge in [-0.2, -0.15) is 0 Å². The SMILES string of the molecule is CN(C)N/N=C1\N=CN=C1C(N)=O.ClCCl. The minimum absolute atomic E-state index is 0.0642. The Morgan fingerprint density at radius 2 is 2.19 bits per heavy atom. The number of amides is 1. The fourth-order valence-corrected chi connectivity index (χ4v) is 0.663. The van der Waals surface area contributed by atoms with E-state index in [0.29, 0.717) is 0 Å². The Kier molecular flexibility index (Phi) is 7.44. The van der Waals surface area contributed by atoms with Crippen LogP contribution in [0.3, 0.4) is 0 Å². The van der Waals surface area contributed by atoms with Crippen LogP contribution < -0.4 is 11.3 Å². The van der Waals surface area contributed by atoms with E-state index < -0.39 is 5.91 Å². The second kappa shape index (κ2) is 8.03. The first-order valence-corrected chi connectivity index (χ1v) is 5.13. The van der Waals surface area contributed by atoms with Crippen molar-refractivity contribution in [3.05, 3.63) is 0 Å². The maximum Gasteiger partial charge on any atom is 0.271 e. The molecule has 1 heterocycles. The lowest BCUT2D eigenvalue weighted by atomic mass is 10.3. The number of carbonyl (C=O) groups is 1. The molecule has 3 N–H and O–H groups in total. The van der Waals surface area contributed by atoms with Crippen LogP contribution in [0.4, 0.5) is 0 Å². The lowest BCUT2D eigenvalue weighted by molar-refractivity contribution is -0.111. The molecule has 0 bridgehead atoms. The standard InChI is InChI=1S/C6H10N6O.CH2Cl2/c1-12(2)11-10-6-4(5(7)13)8-3-9-6;2-1-3/h3,11H,1-2H3,(H2,7,13);1H2/b10-6-;. The Hall–Kier alpha value is -1.18. The zero-order valence-corrected chi connectivity index (χ0v) is 10.3. The molecule has 0 saturated heterocycles. The number of primary amides is 1. The highest BCUT2D eigenvalue weighted by Gasteiger charge is 2.17. The maximum atomic E-state index is 10.7. The molecular weight excluding hydrogens is 255 g/mol. The summed E-state index contributed by atoms with van der Waals surface area (Å²) >= 11 is 9.53. The van der Waals surface area contributed by atoms with Gasteiger partial charge in [-0.05, 0) is 0 Å². The topological polar surface area (TPSA) is 95.4 Å². The molecule has 0 unspecified atom stereocenters. The second-order valence-corrected chi connectivity index (χ2v) is 3.43. The minimum atomic E-state index is -0.642. The van der Waals surface area contributed by atoms with Crippen molar-refractivity contribution in [3.63, 3.8) is 0 Å². The third-order valence-corrected chi connectivity index (χ3v) is 1.17. The first-order chi connectivity index (χ1) is 7.52. The number of aliphatic imine (C=N–C) groups is 2. The predicted octanol–water partition coefficient (Wildman–Crippen LogP) is -0.244. The number of halogens is 2. The number of hydrazone groups is 1. The molecule has 1 amide bonds. The molecule has 1 aliphatic rings. The van der Waals surface area contributed by atoms with Crippen molar-refractivity contribution in [1.82, 2.24) is 10.5 Å². The third kappa shape index (κ3) is 5.64. The molecule has 0 fully saturated rings. The predicted molar refractivity (Wildman–Crippen MR) is 66.0 cm³/mol. The Balaban J connectivity index is 0.000000673. The van der Waals surface area contributed by atoms with Gasteiger partial charge in [0.15, 0.2) is 5.71 Å². The molecule has 7 nitrogen and oxygen atoms in total. The molecule has 9 heteroatoms. The van der Waals surface area contributed by atoms with Crippen LogP contribution in [0, 0.1) is 0 Å². The number of nitrogens with two attached hydrogens (primary N) is 1. The van der Waals surface area contributed by atoms with E-state index >= 15 is 0 Å². The number of nitrogens with one attached hydrogen (secondary N) is 1. The summed E-state index contributed by atoms with van der Waals surface area (Å²) in [6.45, 7) is 0. The number of rotatable bonds is 3. The lowest BCUT2D eigenvalue weighted by Crippen LogP contribution is -2.32. The van der Waals surface area contributed by atoms with Crippen molar-refractivity contribution in [2.75, 3.05) is 19.4 Å². The number of amidine groups is 1. The number of hydrazine groups is 1. The molecular formula is C7H12Cl2N6O. The van der Waals surface area contributed by atoms with Crippen molar-refractivity contribution < 1.29 is 4.79 Å². The average molecular weight is 267 g/mol. The molecule has 0 atom stereocenters. The van der Waals surface area contributed by atoms with Crippen LogP contribution >= 0.6 is 23.2 Å². The van der Waals surface area contributed by atoms with Gasteiger partial charge in [0.05, 0.1) is 5.34 Å². The van der Waals surface area contributed by atoms with Gasteiger partial charge in [0, 0.05) is 14.1 Å². The van der Waals surface area contributed by atoms with Gasteiger partial charge in [0.1, 0.15) is 6.34 Å². The van der Waals surface area contributed by atoms with Gasteiger partial charge in [0.2, 0.25) is 5.84 Å². The highest BCUT2D eigenvalue weighted by Crippen LogP contribution is 1.93. The van der Waals surface area contributed by atoms with E-state index in [0.717, 1.165) is 0 Å². The van der Waals surface area contributed by atoms with E-state index in [1.807, 2.05) is 0 Å². The van der Waals surface area contributed by atoms with Crippen molar-refractivity contribution in [1.29, 1.82) is 0 Å². The van der Waals surface area contributed by atoms with Crippen LogP contribution in [0.5, 0.6) is 0 Å². The van der Waals surface area contributed by atoms with Gasteiger partial charge in [-0.3, -0.25) is 4.79 Å². The Morgan fingerprint density at radius 3 is 2.62 bits per heavy atom. The molecule has 0 radical (unpaired) electrons. The molecule has 1 rings (SSSR count). The lowest BCUT2D eigenvalue weighted by Gasteiger charge is -2.07. The summed E-state index contributed by atoms with van der Waals surface area (Å²) in [6, 6.07) is 0. The van der Waals surface area contributed by atoms with Crippen LogP contribution in [-0.2, 0) is 4.79 Å². The molecule has 0 aromatic carbocycles. The van der Waals surface area contributed by atoms with Crippen molar-refractivity contribution in [3.8, 4) is 0 Å². The number of alkyl halides is 2. The van der Waals surface area contributed by atoms with Crippen LogP contribution in [0.1, 0.15) is 0 Å². The molecule has 0 aliphatic carbocycles. The number of carbonyl (C=O) groups excluding carboxylic acids is 1. The molecule has 16 heavy (non-hydrogen) atoms. The summed E-state index contributed by atoms with van der Waals surface area (Å²) in [4.78, 5) is 18.1. The van der Waals surface area contributed by atoms with Crippen molar-refractivity contribution >= 4 is 47.0 Å². The second-order valence-electron chi connectivity index (χ2n) is 2.62. The first kappa shape index (κ1) is 14.8. The number of hydrogen-bond acceptors (Lipinski definition) is 5. The molecule has 0 aromatic rings.